The van der Waals surface area contributed by atoms with Crippen molar-refractivity contribution in [2.24, 2.45) is 0 Å². The number of rotatable bonds is 4. The van der Waals surface area contributed by atoms with E-state index in [1.54, 1.807) is 36.4 Å². The number of fused-ring (bicyclic) bond motifs is 4. The number of hydrogen-bond donors (Lipinski definition) is 0. The van der Waals surface area contributed by atoms with Crippen molar-refractivity contribution in [2.45, 2.75) is 9.79 Å². The van der Waals surface area contributed by atoms with Gasteiger partial charge in [0.25, 0.3) is 0 Å². The zero-order valence-corrected chi connectivity index (χ0v) is 29.2. The van der Waals surface area contributed by atoms with Gasteiger partial charge < -0.3 is 0 Å². The van der Waals surface area contributed by atoms with Gasteiger partial charge in [0.1, 0.15) is 0 Å². The van der Waals surface area contributed by atoms with Crippen LogP contribution in [0.1, 0.15) is 15.9 Å². The number of carbonyl (C=O) groups is 1. The van der Waals surface area contributed by atoms with Crippen LogP contribution >= 0.6 is 0 Å². The Hall–Kier alpha value is -5.50. The van der Waals surface area contributed by atoms with Crippen LogP contribution in [0.3, 0.4) is 0 Å². The average molecular weight is 712 g/mol. The van der Waals surface area contributed by atoms with E-state index in [1.807, 2.05) is 0 Å². The van der Waals surface area contributed by atoms with Gasteiger partial charge in [-0.3, -0.25) is 0 Å². The Balaban J connectivity index is 1.18. The standard InChI is InChI=1S/C43H29GeNO3S/c46-43-35-17-7-12-22-41(35)49(47,48)42-28-25-31(29-36(42)43)30-23-26-34(27-24-30)45-39-20-10-8-18-37(39)44(32-13-3-1-4-14-32,33-15-5-2-6-16-33)38-19-9-11-21-40(38)45/h1-29H. The second kappa shape index (κ2) is 11.3. The van der Waals surface area contributed by atoms with E-state index in [0.29, 0.717) is 0 Å². The van der Waals surface area contributed by atoms with Gasteiger partial charge in [0.15, 0.2) is 0 Å². The number of sulfone groups is 1. The van der Waals surface area contributed by atoms with Gasteiger partial charge in [-0.1, -0.05) is 12.1 Å². The molecule has 7 aromatic carbocycles. The second-order valence-electron chi connectivity index (χ2n) is 12.4. The normalized spacial score (nSPS) is 15.0. The maximum atomic E-state index is 13.5. The molecule has 0 aliphatic carbocycles. The SMILES string of the molecule is O=C1c2ccccc2S(=O)(=O)c2ccc(-c3ccc(N4c5cccc[c]5[Ge]([c]5ccccc5)([c]5ccccc5)[c]5ccccc54)cc3)cc21. The topological polar surface area (TPSA) is 54.5 Å². The molecule has 6 heteroatoms. The third kappa shape index (κ3) is 4.36. The summed E-state index contributed by atoms with van der Waals surface area (Å²) in [5.41, 5.74) is 5.48. The molecule has 0 N–H and O–H groups in total. The summed E-state index contributed by atoms with van der Waals surface area (Å²) in [6.07, 6.45) is 0. The number of benzene rings is 7. The minimum absolute atomic E-state index is 0.0593. The Morgan fingerprint density at radius 1 is 0.449 bits per heavy atom. The van der Waals surface area contributed by atoms with Crippen LogP contribution in [0, 0.1) is 0 Å². The van der Waals surface area contributed by atoms with E-state index < -0.39 is 23.1 Å². The van der Waals surface area contributed by atoms with Crippen LogP contribution < -0.4 is 22.5 Å². The van der Waals surface area contributed by atoms with E-state index in [1.165, 1.54) is 35.0 Å². The van der Waals surface area contributed by atoms with E-state index in [2.05, 4.69) is 138 Å². The molecule has 0 amide bonds. The van der Waals surface area contributed by atoms with Crippen molar-refractivity contribution < 1.29 is 13.2 Å². The average Bonchev–Trinajstić information content (AvgIpc) is 3.17. The maximum absolute atomic E-state index is 13.5. The van der Waals surface area contributed by atoms with Crippen molar-refractivity contribution in [1.29, 1.82) is 0 Å². The zero-order chi connectivity index (χ0) is 33.2. The zero-order valence-electron chi connectivity index (χ0n) is 26.3. The number of nitrogens with zero attached hydrogens (tertiary/aromatic N) is 1. The van der Waals surface area contributed by atoms with Gasteiger partial charge >= 0.3 is 252 Å². The van der Waals surface area contributed by atoms with Gasteiger partial charge in [0, 0.05) is 0 Å². The van der Waals surface area contributed by atoms with Gasteiger partial charge in [-0.15, -0.1) is 0 Å². The molecule has 0 saturated heterocycles. The fourth-order valence-electron chi connectivity index (χ4n) is 7.77. The quantitative estimate of drug-likeness (QED) is 0.187. The van der Waals surface area contributed by atoms with E-state index >= 15 is 0 Å². The number of ketones is 1. The number of para-hydroxylation sites is 2. The molecule has 7 aromatic rings. The first-order chi connectivity index (χ1) is 24.0. The molecule has 0 aromatic heterocycles. The third-order valence-corrected chi connectivity index (χ3v) is 22.0. The van der Waals surface area contributed by atoms with Crippen molar-refractivity contribution in [3.05, 3.63) is 187 Å². The van der Waals surface area contributed by atoms with E-state index in [-0.39, 0.29) is 26.7 Å². The Morgan fingerprint density at radius 3 is 1.55 bits per heavy atom. The van der Waals surface area contributed by atoms with Crippen molar-refractivity contribution in [3.63, 3.8) is 0 Å². The predicted molar refractivity (Wildman–Crippen MR) is 199 cm³/mol. The molecule has 2 aliphatic rings. The molecule has 0 bridgehead atoms. The summed E-state index contributed by atoms with van der Waals surface area (Å²) in [6, 6.07) is 59.5. The summed E-state index contributed by atoms with van der Waals surface area (Å²) in [4.78, 5) is 16.0. The van der Waals surface area contributed by atoms with Gasteiger partial charge in [-0.2, -0.15) is 0 Å². The molecule has 0 fully saturated rings. The van der Waals surface area contributed by atoms with Gasteiger partial charge in [0.05, 0.1) is 4.90 Å². The summed E-state index contributed by atoms with van der Waals surface area (Å²) >= 11 is -3.45. The summed E-state index contributed by atoms with van der Waals surface area (Å²) in [5.74, 6) is -0.272. The van der Waals surface area contributed by atoms with Crippen LogP contribution in [-0.4, -0.2) is 27.5 Å². The summed E-state index contributed by atoms with van der Waals surface area (Å²) < 4.78 is 32.3. The second-order valence-corrected chi connectivity index (χ2v) is 22.2. The van der Waals surface area contributed by atoms with Gasteiger partial charge in [-0.25, -0.2) is 8.42 Å². The molecule has 0 atom stereocenters. The van der Waals surface area contributed by atoms with Crippen LogP contribution in [0.4, 0.5) is 17.1 Å². The molecule has 2 heterocycles. The Kier molecular flexibility index (Phi) is 6.83. The summed E-state index contributed by atoms with van der Waals surface area (Å²) in [6.45, 7) is 0. The van der Waals surface area contributed by atoms with Crippen LogP contribution in [-0.2, 0) is 9.84 Å². The van der Waals surface area contributed by atoms with Gasteiger partial charge in [-0.05, 0) is 12.1 Å². The van der Waals surface area contributed by atoms with E-state index in [4.69, 9.17) is 0 Å². The molecule has 0 radical (unpaired) electrons. The predicted octanol–water partition coefficient (Wildman–Crippen LogP) is 6.89. The first-order valence-electron chi connectivity index (χ1n) is 16.2. The van der Waals surface area contributed by atoms with Crippen LogP contribution in [0.15, 0.2) is 186 Å². The molecule has 0 spiro atoms. The molecule has 2 aliphatic heterocycles. The molecule has 0 unspecified atom stereocenters. The van der Waals surface area contributed by atoms with E-state index in [0.717, 1.165) is 16.8 Å². The number of hydrogen-bond acceptors (Lipinski definition) is 4. The molecular weight excluding hydrogens is 683 g/mol. The molecule has 4 nitrogen and oxygen atoms in total. The third-order valence-electron chi connectivity index (χ3n) is 9.91. The first kappa shape index (κ1) is 29.6. The number of carbonyl (C=O) groups excluding carboxylic acids is 1. The fraction of sp³-hybridized carbons (Fsp3) is 0. The van der Waals surface area contributed by atoms with Crippen molar-refractivity contribution in [1.82, 2.24) is 0 Å². The Labute approximate surface area is 288 Å². The van der Waals surface area contributed by atoms with Crippen molar-refractivity contribution in [2.75, 3.05) is 4.90 Å². The summed E-state index contributed by atoms with van der Waals surface area (Å²) in [5, 5.41) is 0. The molecule has 0 saturated carbocycles. The molecule has 234 valence electrons. The Bertz CT molecular complexity index is 2440. The fourth-order valence-corrected chi connectivity index (χ4v) is 20.1. The number of anilines is 3. The molecular formula is C43H29GeNO3S. The van der Waals surface area contributed by atoms with Crippen LogP contribution in [0.2, 0.25) is 0 Å². The minimum atomic E-state index is -3.78. The van der Waals surface area contributed by atoms with Crippen molar-refractivity contribution in [3.8, 4) is 11.1 Å². The van der Waals surface area contributed by atoms with Crippen LogP contribution in [0.5, 0.6) is 0 Å². The Morgan fingerprint density at radius 2 is 0.939 bits per heavy atom. The monoisotopic (exact) mass is 713 g/mol. The molecule has 9 rings (SSSR count). The first-order valence-corrected chi connectivity index (χ1v) is 21.9. The van der Waals surface area contributed by atoms with E-state index in [9.17, 15) is 13.2 Å². The molecule has 49 heavy (non-hydrogen) atoms. The van der Waals surface area contributed by atoms with Gasteiger partial charge in [0.2, 0.25) is 0 Å². The van der Waals surface area contributed by atoms with Crippen LogP contribution in [0.25, 0.3) is 11.1 Å². The van der Waals surface area contributed by atoms with Crippen molar-refractivity contribution >= 4 is 63.5 Å². The summed E-state index contributed by atoms with van der Waals surface area (Å²) in [7, 11) is -3.78.